The molecule has 0 aliphatic heterocycles. The molecule has 2 aromatic rings. The Labute approximate surface area is 146 Å². The van der Waals surface area contributed by atoms with Crippen molar-refractivity contribution in [3.05, 3.63) is 58.5 Å². The molecule has 1 heterocycles. The number of ether oxygens (including phenoxy) is 1. The van der Waals surface area contributed by atoms with Crippen LogP contribution in [-0.4, -0.2) is 24.1 Å². The van der Waals surface area contributed by atoms with E-state index in [0.29, 0.717) is 11.8 Å². The topological polar surface area (TPSA) is 88.8 Å². The van der Waals surface area contributed by atoms with Gasteiger partial charge in [-0.2, -0.15) is 13.2 Å². The van der Waals surface area contributed by atoms with E-state index in [1.807, 2.05) is 0 Å². The average molecular weight is 371 g/mol. The largest absolute Gasteiger partial charge is 0.465 e. The Kier molecular flexibility index (Phi) is 5.71. The molecule has 0 saturated heterocycles. The van der Waals surface area contributed by atoms with Crippen molar-refractivity contribution < 1.29 is 37.0 Å². The molecule has 2 N–H and O–H groups in total. The Morgan fingerprint density at radius 3 is 2.62 bits per heavy atom. The predicted molar refractivity (Wildman–Crippen MR) is 83.0 cm³/mol. The van der Waals surface area contributed by atoms with Crippen LogP contribution in [0.3, 0.4) is 0 Å². The molecule has 26 heavy (non-hydrogen) atoms. The van der Waals surface area contributed by atoms with Crippen LogP contribution in [0.25, 0.3) is 0 Å². The number of rotatable bonds is 5. The van der Waals surface area contributed by atoms with Gasteiger partial charge in [0.25, 0.3) is 5.91 Å². The summed E-state index contributed by atoms with van der Waals surface area (Å²) in [5.41, 5.74) is -0.968. The number of aryl methyl sites for hydroxylation is 1. The lowest BCUT2D eigenvalue weighted by atomic mass is 10.1. The van der Waals surface area contributed by atoms with Gasteiger partial charge in [0.05, 0.1) is 19.2 Å². The first-order valence-electron chi connectivity index (χ1n) is 7.44. The summed E-state index contributed by atoms with van der Waals surface area (Å²) < 4.78 is 48.0. The average Bonchev–Trinajstić information content (AvgIpc) is 2.98. The third-order valence-electron chi connectivity index (χ3n) is 3.59. The highest BCUT2D eigenvalue weighted by atomic mass is 19.4. The van der Waals surface area contributed by atoms with Gasteiger partial charge in [-0.3, -0.25) is 4.79 Å². The van der Waals surface area contributed by atoms with Crippen molar-refractivity contribution in [2.75, 3.05) is 7.11 Å². The van der Waals surface area contributed by atoms with Crippen molar-refractivity contribution >= 4 is 11.9 Å². The van der Waals surface area contributed by atoms with Crippen LogP contribution in [0.15, 0.2) is 34.7 Å². The molecule has 1 atom stereocenters. The van der Waals surface area contributed by atoms with Crippen molar-refractivity contribution in [3.8, 4) is 0 Å². The summed E-state index contributed by atoms with van der Waals surface area (Å²) in [4.78, 5) is 23.5. The molecule has 0 radical (unpaired) electrons. The molecule has 140 valence electrons. The molecule has 0 spiro atoms. The number of carbonyl (C=O) groups excluding carboxylic acids is 2. The maximum absolute atomic E-state index is 12.7. The zero-order valence-corrected chi connectivity index (χ0v) is 13.9. The molecule has 0 saturated carbocycles. The van der Waals surface area contributed by atoms with Gasteiger partial charge in [0.1, 0.15) is 17.1 Å². The highest BCUT2D eigenvalue weighted by Gasteiger charge is 2.31. The van der Waals surface area contributed by atoms with Crippen molar-refractivity contribution in [3.63, 3.8) is 0 Å². The molecular weight excluding hydrogens is 355 g/mol. The van der Waals surface area contributed by atoms with Crippen molar-refractivity contribution in [1.82, 2.24) is 5.32 Å². The van der Waals surface area contributed by atoms with Gasteiger partial charge in [-0.25, -0.2) is 4.79 Å². The van der Waals surface area contributed by atoms with Gasteiger partial charge in [0, 0.05) is 0 Å². The molecule has 6 nitrogen and oxygen atoms in total. The van der Waals surface area contributed by atoms with Gasteiger partial charge in [0.2, 0.25) is 0 Å². The normalized spacial score (nSPS) is 12.5. The SMILES string of the molecule is COC(=O)c1cc(CNC(=O)C(O)c2cccc(C(F)(F)F)c2)oc1C. The smallest absolute Gasteiger partial charge is 0.416 e. The molecular formula is C17H16F3NO5. The van der Waals surface area contributed by atoms with Crippen molar-refractivity contribution in [2.45, 2.75) is 25.7 Å². The molecule has 0 aliphatic rings. The second kappa shape index (κ2) is 7.61. The van der Waals surface area contributed by atoms with Crippen LogP contribution in [0.5, 0.6) is 0 Å². The number of alkyl halides is 3. The quantitative estimate of drug-likeness (QED) is 0.789. The van der Waals surface area contributed by atoms with Crippen LogP contribution >= 0.6 is 0 Å². The van der Waals surface area contributed by atoms with E-state index in [4.69, 9.17) is 4.42 Å². The van der Waals surface area contributed by atoms with Crippen LogP contribution in [-0.2, 0) is 22.3 Å². The Bertz CT molecular complexity index is 813. The standard InChI is InChI=1S/C17H16F3NO5/c1-9-13(16(24)25-2)7-12(26-9)8-21-15(23)14(22)10-4-3-5-11(6-10)17(18,19)20/h3-7,14,22H,8H2,1-2H3,(H,21,23). The van der Waals surface area contributed by atoms with E-state index in [-0.39, 0.29) is 23.4 Å². The minimum Gasteiger partial charge on any atom is -0.465 e. The third-order valence-corrected chi connectivity index (χ3v) is 3.59. The van der Waals surface area contributed by atoms with Crippen LogP contribution < -0.4 is 5.32 Å². The summed E-state index contributed by atoms with van der Waals surface area (Å²) in [6, 6.07) is 5.24. The molecule has 1 unspecified atom stereocenters. The molecule has 0 bridgehead atoms. The van der Waals surface area contributed by atoms with E-state index < -0.39 is 29.7 Å². The van der Waals surface area contributed by atoms with E-state index in [9.17, 15) is 27.9 Å². The van der Waals surface area contributed by atoms with Crippen LogP contribution in [0, 0.1) is 6.92 Å². The number of hydrogen-bond donors (Lipinski definition) is 2. The number of aliphatic hydroxyl groups is 1. The van der Waals surface area contributed by atoms with Gasteiger partial charge >= 0.3 is 12.1 Å². The number of esters is 1. The lowest BCUT2D eigenvalue weighted by molar-refractivity contribution is -0.138. The van der Waals surface area contributed by atoms with Gasteiger partial charge < -0.3 is 19.6 Å². The molecule has 9 heteroatoms. The number of methoxy groups -OCH3 is 1. The Balaban J connectivity index is 2.05. The first-order valence-corrected chi connectivity index (χ1v) is 7.44. The second-order valence-electron chi connectivity index (χ2n) is 5.42. The van der Waals surface area contributed by atoms with E-state index in [1.54, 1.807) is 0 Å². The summed E-state index contributed by atoms with van der Waals surface area (Å²) in [5, 5.41) is 12.3. The summed E-state index contributed by atoms with van der Waals surface area (Å²) in [5.74, 6) is -0.988. The first kappa shape index (κ1) is 19.5. The fourth-order valence-electron chi connectivity index (χ4n) is 2.25. The van der Waals surface area contributed by atoms with Crippen LogP contribution in [0.2, 0.25) is 0 Å². The first-order chi connectivity index (χ1) is 12.1. The maximum atomic E-state index is 12.7. The number of furan rings is 1. The fraction of sp³-hybridized carbons (Fsp3) is 0.294. The lowest BCUT2D eigenvalue weighted by Gasteiger charge is -2.13. The molecule has 2 rings (SSSR count). The Morgan fingerprint density at radius 2 is 2.00 bits per heavy atom. The number of amides is 1. The molecule has 1 aromatic carbocycles. The van der Waals surface area contributed by atoms with E-state index in [1.165, 1.54) is 26.2 Å². The van der Waals surface area contributed by atoms with E-state index in [2.05, 4.69) is 10.1 Å². The number of aliphatic hydroxyl groups excluding tert-OH is 1. The minimum atomic E-state index is -4.58. The summed E-state index contributed by atoms with van der Waals surface area (Å²) in [7, 11) is 1.21. The lowest BCUT2D eigenvalue weighted by Crippen LogP contribution is -2.28. The zero-order chi connectivity index (χ0) is 19.5. The third kappa shape index (κ3) is 4.42. The van der Waals surface area contributed by atoms with Gasteiger partial charge in [-0.1, -0.05) is 12.1 Å². The van der Waals surface area contributed by atoms with Gasteiger partial charge in [-0.15, -0.1) is 0 Å². The van der Waals surface area contributed by atoms with Crippen molar-refractivity contribution in [1.29, 1.82) is 0 Å². The minimum absolute atomic E-state index is 0.160. The van der Waals surface area contributed by atoms with E-state index >= 15 is 0 Å². The molecule has 1 aromatic heterocycles. The highest BCUT2D eigenvalue weighted by Crippen LogP contribution is 2.30. The van der Waals surface area contributed by atoms with Crippen LogP contribution in [0.1, 0.15) is 39.1 Å². The number of nitrogens with one attached hydrogen (secondary N) is 1. The van der Waals surface area contributed by atoms with Crippen molar-refractivity contribution in [2.24, 2.45) is 0 Å². The molecule has 0 aliphatic carbocycles. The predicted octanol–water partition coefficient (Wildman–Crippen LogP) is 2.74. The molecule has 1 amide bonds. The summed E-state index contributed by atoms with van der Waals surface area (Å²) in [6.07, 6.45) is -6.37. The highest BCUT2D eigenvalue weighted by molar-refractivity contribution is 5.90. The zero-order valence-electron chi connectivity index (χ0n) is 13.9. The Morgan fingerprint density at radius 1 is 1.31 bits per heavy atom. The van der Waals surface area contributed by atoms with E-state index in [0.717, 1.165) is 12.1 Å². The number of halogens is 3. The fourth-order valence-corrected chi connectivity index (χ4v) is 2.25. The maximum Gasteiger partial charge on any atom is 0.416 e. The summed E-state index contributed by atoms with van der Waals surface area (Å²) >= 11 is 0. The van der Waals surface area contributed by atoms with Crippen LogP contribution in [0.4, 0.5) is 13.2 Å². The number of hydrogen-bond acceptors (Lipinski definition) is 5. The second-order valence-corrected chi connectivity index (χ2v) is 5.42. The molecule has 0 fully saturated rings. The Hall–Kier alpha value is -2.81. The number of carbonyl (C=O) groups is 2. The van der Waals surface area contributed by atoms with Gasteiger partial charge in [-0.05, 0) is 30.7 Å². The van der Waals surface area contributed by atoms with Gasteiger partial charge in [0.15, 0.2) is 6.10 Å². The summed E-state index contributed by atoms with van der Waals surface area (Å²) in [6.45, 7) is 1.38. The monoisotopic (exact) mass is 371 g/mol. The number of benzene rings is 1.